The number of ether oxygens (including phenoxy) is 1. The highest BCUT2D eigenvalue weighted by Gasteiger charge is 2.28. The number of carbonyl (C=O) groups excluding carboxylic acids is 2. The third kappa shape index (κ3) is 3.01. The molecule has 0 bridgehead atoms. The van der Waals surface area contributed by atoms with Gasteiger partial charge in [0.25, 0.3) is 5.69 Å². The van der Waals surface area contributed by atoms with E-state index in [9.17, 15) is 19.7 Å². The number of rotatable bonds is 4. The lowest BCUT2D eigenvalue weighted by molar-refractivity contribution is -0.385. The molecule has 0 fully saturated rings. The van der Waals surface area contributed by atoms with Gasteiger partial charge in [-0.3, -0.25) is 19.7 Å². The molecule has 0 spiro atoms. The van der Waals surface area contributed by atoms with E-state index in [0.29, 0.717) is 5.56 Å². The van der Waals surface area contributed by atoms with E-state index in [4.69, 9.17) is 4.74 Å². The monoisotopic (exact) mass is 299 g/mol. The Morgan fingerprint density at radius 1 is 1.09 bits per heavy atom. The lowest BCUT2D eigenvalue weighted by Gasteiger charge is -2.11. The number of benzene rings is 2. The van der Waals surface area contributed by atoms with Gasteiger partial charge >= 0.3 is 5.97 Å². The van der Waals surface area contributed by atoms with Crippen LogP contribution in [-0.2, 0) is 4.79 Å². The zero-order valence-corrected chi connectivity index (χ0v) is 12.0. The fraction of sp³-hybridized carbons (Fsp3) is 0.125. The molecule has 2 rings (SSSR count). The van der Waals surface area contributed by atoms with E-state index in [0.717, 1.165) is 0 Å². The van der Waals surface area contributed by atoms with Crippen LogP contribution in [0.5, 0.6) is 5.75 Å². The fourth-order valence-electron chi connectivity index (χ4n) is 2.06. The van der Waals surface area contributed by atoms with Crippen LogP contribution in [0.2, 0.25) is 0 Å². The molecule has 6 nitrogen and oxygen atoms in total. The lowest BCUT2D eigenvalue weighted by Crippen LogP contribution is -2.12. The molecule has 0 radical (unpaired) electrons. The second-order valence-electron chi connectivity index (χ2n) is 4.65. The molecule has 0 saturated heterocycles. The molecule has 0 aromatic heterocycles. The van der Waals surface area contributed by atoms with E-state index in [1.807, 2.05) is 0 Å². The average Bonchev–Trinajstić information content (AvgIpc) is 2.48. The largest absolute Gasteiger partial charge is 0.425 e. The van der Waals surface area contributed by atoms with Crippen LogP contribution >= 0.6 is 0 Å². The SMILES string of the molecule is CC(=O)Oc1c(C)ccc([N+](=O)[O-])c1C(=O)c1ccccc1. The zero-order valence-electron chi connectivity index (χ0n) is 12.0. The van der Waals surface area contributed by atoms with E-state index in [1.54, 1.807) is 37.3 Å². The Labute approximate surface area is 126 Å². The summed E-state index contributed by atoms with van der Waals surface area (Å²) in [5, 5.41) is 11.2. The third-order valence-corrected chi connectivity index (χ3v) is 3.04. The number of nitro benzene ring substituents is 1. The zero-order chi connectivity index (χ0) is 16.3. The van der Waals surface area contributed by atoms with Gasteiger partial charge in [-0.2, -0.15) is 0 Å². The lowest BCUT2D eigenvalue weighted by atomic mass is 9.98. The summed E-state index contributed by atoms with van der Waals surface area (Å²) in [6, 6.07) is 10.8. The van der Waals surface area contributed by atoms with Crippen LogP contribution in [0.1, 0.15) is 28.4 Å². The van der Waals surface area contributed by atoms with Crippen LogP contribution in [0, 0.1) is 17.0 Å². The second-order valence-corrected chi connectivity index (χ2v) is 4.65. The van der Waals surface area contributed by atoms with Crippen molar-refractivity contribution in [3.05, 3.63) is 69.3 Å². The van der Waals surface area contributed by atoms with Crippen molar-refractivity contribution in [2.75, 3.05) is 0 Å². The van der Waals surface area contributed by atoms with Gasteiger partial charge in [0.1, 0.15) is 5.56 Å². The molecule has 22 heavy (non-hydrogen) atoms. The van der Waals surface area contributed by atoms with Crippen LogP contribution in [0.3, 0.4) is 0 Å². The maximum atomic E-state index is 12.6. The van der Waals surface area contributed by atoms with Gasteiger partial charge in [0.2, 0.25) is 5.78 Å². The van der Waals surface area contributed by atoms with Gasteiger partial charge in [0.15, 0.2) is 5.75 Å². The summed E-state index contributed by atoms with van der Waals surface area (Å²) in [6.07, 6.45) is 0. The summed E-state index contributed by atoms with van der Waals surface area (Å²) in [5.74, 6) is -1.28. The minimum Gasteiger partial charge on any atom is -0.425 e. The van der Waals surface area contributed by atoms with Crippen LogP contribution in [0.15, 0.2) is 42.5 Å². The maximum absolute atomic E-state index is 12.6. The third-order valence-electron chi connectivity index (χ3n) is 3.04. The van der Waals surface area contributed by atoms with Crippen LogP contribution in [0.4, 0.5) is 5.69 Å². The Balaban J connectivity index is 2.70. The van der Waals surface area contributed by atoms with Crippen LogP contribution in [-0.4, -0.2) is 16.7 Å². The number of aryl methyl sites for hydroxylation is 1. The molecule has 112 valence electrons. The van der Waals surface area contributed by atoms with Gasteiger partial charge < -0.3 is 4.74 Å². The molecule has 0 unspecified atom stereocenters. The molecule has 2 aromatic rings. The van der Waals surface area contributed by atoms with Crippen molar-refractivity contribution < 1.29 is 19.2 Å². The van der Waals surface area contributed by atoms with E-state index in [1.165, 1.54) is 19.1 Å². The van der Waals surface area contributed by atoms with Gasteiger partial charge in [-0.25, -0.2) is 0 Å². The summed E-state index contributed by atoms with van der Waals surface area (Å²) < 4.78 is 5.05. The van der Waals surface area contributed by atoms with Crippen molar-refractivity contribution in [3.8, 4) is 5.75 Å². The molecule has 0 atom stereocenters. The van der Waals surface area contributed by atoms with Gasteiger partial charge in [0.05, 0.1) is 4.92 Å². The molecule has 0 amide bonds. The van der Waals surface area contributed by atoms with Gasteiger partial charge in [0, 0.05) is 18.6 Å². The number of nitrogens with zero attached hydrogens (tertiary/aromatic N) is 1. The predicted octanol–water partition coefficient (Wildman–Crippen LogP) is 3.06. The number of hydrogen-bond acceptors (Lipinski definition) is 5. The first-order valence-electron chi connectivity index (χ1n) is 6.48. The maximum Gasteiger partial charge on any atom is 0.308 e. The predicted molar refractivity (Wildman–Crippen MR) is 79.0 cm³/mol. The molecule has 0 saturated carbocycles. The molecule has 0 N–H and O–H groups in total. The Hall–Kier alpha value is -3.02. The van der Waals surface area contributed by atoms with Crippen molar-refractivity contribution in [2.24, 2.45) is 0 Å². The molecule has 0 heterocycles. The molecule has 0 aliphatic heterocycles. The quantitative estimate of drug-likeness (QED) is 0.285. The standard InChI is InChI=1S/C16H13NO5/c1-10-8-9-13(17(20)21)14(16(10)22-11(2)18)15(19)12-6-4-3-5-7-12/h3-9H,1-2H3. The first-order valence-corrected chi connectivity index (χ1v) is 6.48. The van der Waals surface area contributed by atoms with Gasteiger partial charge in [-0.05, 0) is 18.6 Å². The summed E-state index contributed by atoms with van der Waals surface area (Å²) >= 11 is 0. The molecule has 0 aliphatic rings. The van der Waals surface area contributed by atoms with E-state index >= 15 is 0 Å². The molecule has 2 aromatic carbocycles. The fourth-order valence-corrected chi connectivity index (χ4v) is 2.06. The summed E-state index contributed by atoms with van der Waals surface area (Å²) in [6.45, 7) is 2.79. The number of esters is 1. The van der Waals surface area contributed by atoms with E-state index < -0.39 is 22.4 Å². The average molecular weight is 299 g/mol. The topological polar surface area (TPSA) is 86.5 Å². The number of ketones is 1. The van der Waals surface area contributed by atoms with Crippen LogP contribution < -0.4 is 4.74 Å². The van der Waals surface area contributed by atoms with Crippen molar-refractivity contribution in [1.29, 1.82) is 0 Å². The normalized spacial score (nSPS) is 10.1. The smallest absolute Gasteiger partial charge is 0.308 e. The van der Waals surface area contributed by atoms with E-state index in [2.05, 4.69) is 0 Å². The van der Waals surface area contributed by atoms with Gasteiger partial charge in [-0.1, -0.05) is 30.3 Å². The van der Waals surface area contributed by atoms with Crippen molar-refractivity contribution in [2.45, 2.75) is 13.8 Å². The van der Waals surface area contributed by atoms with Crippen LogP contribution in [0.25, 0.3) is 0 Å². The highest BCUT2D eigenvalue weighted by molar-refractivity contribution is 6.13. The molecular formula is C16H13NO5. The summed E-state index contributed by atoms with van der Waals surface area (Å²) in [4.78, 5) is 34.4. The van der Waals surface area contributed by atoms with Crippen molar-refractivity contribution >= 4 is 17.4 Å². The minimum absolute atomic E-state index is 0.0736. The highest BCUT2D eigenvalue weighted by Crippen LogP contribution is 2.34. The molecule has 0 aliphatic carbocycles. The molecular weight excluding hydrogens is 286 g/mol. The second kappa shape index (κ2) is 6.17. The van der Waals surface area contributed by atoms with Gasteiger partial charge in [-0.15, -0.1) is 0 Å². The number of carbonyl (C=O) groups is 2. The van der Waals surface area contributed by atoms with Crippen molar-refractivity contribution in [3.63, 3.8) is 0 Å². The Morgan fingerprint density at radius 3 is 2.27 bits per heavy atom. The van der Waals surface area contributed by atoms with E-state index in [-0.39, 0.29) is 16.9 Å². The first-order chi connectivity index (χ1) is 10.4. The number of hydrogen-bond donors (Lipinski definition) is 0. The Morgan fingerprint density at radius 2 is 1.73 bits per heavy atom. The van der Waals surface area contributed by atoms with Crippen molar-refractivity contribution in [1.82, 2.24) is 0 Å². The Kier molecular flexibility index (Phi) is 4.31. The summed E-state index contributed by atoms with van der Waals surface area (Å²) in [7, 11) is 0. The first kappa shape index (κ1) is 15.4. The number of nitro groups is 1. The molecule has 6 heteroatoms. The Bertz CT molecular complexity index is 753. The highest BCUT2D eigenvalue weighted by atomic mass is 16.6. The minimum atomic E-state index is -0.664. The summed E-state index contributed by atoms with van der Waals surface area (Å²) in [5.41, 5.74) is 0.145.